The molecule has 0 unspecified atom stereocenters. The van der Waals surface area contributed by atoms with E-state index >= 15 is 0 Å². The van der Waals surface area contributed by atoms with Crippen molar-refractivity contribution in [3.8, 4) is 17.2 Å². The minimum absolute atomic E-state index is 0.459. The maximum Gasteiger partial charge on any atom is 0.203 e. The Kier molecular flexibility index (Phi) is 8.35. The van der Waals surface area contributed by atoms with E-state index in [9.17, 15) is 0 Å². The van der Waals surface area contributed by atoms with Crippen molar-refractivity contribution in [1.29, 1.82) is 0 Å². The molecule has 3 nitrogen and oxygen atoms in total. The van der Waals surface area contributed by atoms with Gasteiger partial charge in [-0.2, -0.15) is 0 Å². The van der Waals surface area contributed by atoms with Crippen LogP contribution < -0.4 is 14.2 Å². The third-order valence-electron chi connectivity index (χ3n) is 3.14. The molecule has 2 rings (SSSR count). The van der Waals surface area contributed by atoms with Crippen molar-refractivity contribution in [2.75, 3.05) is 20.8 Å². The van der Waals surface area contributed by atoms with Crippen molar-refractivity contribution >= 4 is 11.6 Å². The van der Waals surface area contributed by atoms with Gasteiger partial charge in [0.25, 0.3) is 0 Å². The topological polar surface area (TPSA) is 27.7 Å². The highest BCUT2D eigenvalue weighted by Gasteiger charge is 2.13. The monoisotopic (exact) mass is 336 g/mol. The maximum atomic E-state index is 5.97. The van der Waals surface area contributed by atoms with Crippen LogP contribution in [0.2, 0.25) is 0 Å². The number of hydrogen-bond acceptors (Lipinski definition) is 3. The summed E-state index contributed by atoms with van der Waals surface area (Å²) in [4.78, 5) is 0. The molecule has 0 radical (unpaired) electrons. The van der Waals surface area contributed by atoms with E-state index in [-0.39, 0.29) is 0 Å². The van der Waals surface area contributed by atoms with Gasteiger partial charge in [-0.15, -0.1) is 0 Å². The quantitative estimate of drug-likeness (QED) is 0.718. The number of hydrogen-bond donors (Lipinski definition) is 0. The van der Waals surface area contributed by atoms with Crippen molar-refractivity contribution in [3.05, 3.63) is 52.6 Å². The summed E-state index contributed by atoms with van der Waals surface area (Å²) in [6.07, 6.45) is 8.56. The van der Waals surface area contributed by atoms with Crippen molar-refractivity contribution in [2.45, 2.75) is 27.2 Å². The Hall–Kier alpha value is -1.87. The predicted molar refractivity (Wildman–Crippen MR) is 96.9 cm³/mol. The van der Waals surface area contributed by atoms with Crippen LogP contribution in [-0.2, 0) is 0 Å². The molecular weight excluding hydrogens is 312 g/mol. The summed E-state index contributed by atoms with van der Waals surface area (Å²) < 4.78 is 16.7. The van der Waals surface area contributed by atoms with Crippen LogP contribution in [0, 0.1) is 6.92 Å². The SMILES string of the molecule is CC.COc1cc(C)cc(OC)c1OCC1=CC=C(Cl)C=CC1. The van der Waals surface area contributed by atoms with Crippen molar-refractivity contribution in [1.82, 2.24) is 0 Å². The lowest BCUT2D eigenvalue weighted by atomic mass is 10.2. The summed E-state index contributed by atoms with van der Waals surface area (Å²) >= 11 is 5.97. The summed E-state index contributed by atoms with van der Waals surface area (Å²) in [7, 11) is 3.24. The fourth-order valence-corrected chi connectivity index (χ4v) is 2.22. The molecule has 4 heteroatoms. The van der Waals surface area contributed by atoms with Gasteiger partial charge in [-0.05, 0) is 48.8 Å². The summed E-state index contributed by atoms with van der Waals surface area (Å²) in [6.45, 7) is 6.45. The van der Waals surface area contributed by atoms with E-state index in [0.29, 0.717) is 23.9 Å². The average Bonchev–Trinajstić information content (AvgIpc) is 2.79. The highest BCUT2D eigenvalue weighted by Crippen LogP contribution is 2.38. The lowest BCUT2D eigenvalue weighted by molar-refractivity contribution is 0.294. The molecule has 1 aromatic carbocycles. The van der Waals surface area contributed by atoms with E-state index < -0.39 is 0 Å². The number of aryl methyl sites for hydroxylation is 1. The summed E-state index contributed by atoms with van der Waals surface area (Å²) in [5, 5.41) is 0.718. The first-order valence-electron chi connectivity index (χ1n) is 7.71. The van der Waals surface area contributed by atoms with Gasteiger partial charge in [0.05, 0.1) is 14.2 Å². The van der Waals surface area contributed by atoms with Crippen LogP contribution in [0.25, 0.3) is 0 Å². The van der Waals surface area contributed by atoms with Crippen molar-refractivity contribution in [2.24, 2.45) is 0 Å². The Bertz CT molecular complexity index is 576. The minimum atomic E-state index is 0.459. The van der Waals surface area contributed by atoms with Gasteiger partial charge in [0.1, 0.15) is 6.61 Å². The van der Waals surface area contributed by atoms with Gasteiger partial charge in [0, 0.05) is 5.03 Å². The standard InChI is InChI=1S/C17H19ClO3.C2H6/c1-12-9-15(19-2)17(16(10-12)20-3)21-11-13-5-4-6-14(18)8-7-13;1-2/h4,6-10H,5,11H2,1-3H3;1-2H3. The zero-order chi connectivity index (χ0) is 17.2. The van der Waals surface area contributed by atoms with Gasteiger partial charge in [-0.3, -0.25) is 0 Å². The zero-order valence-electron chi connectivity index (χ0n) is 14.5. The second-order valence-corrected chi connectivity index (χ2v) is 5.21. The second-order valence-electron chi connectivity index (χ2n) is 4.77. The molecule has 0 amide bonds. The molecule has 0 N–H and O–H groups in total. The number of allylic oxidation sites excluding steroid dienone is 5. The molecule has 0 saturated carbocycles. The molecule has 126 valence electrons. The highest BCUT2D eigenvalue weighted by molar-refractivity contribution is 6.31. The van der Waals surface area contributed by atoms with Crippen molar-refractivity contribution < 1.29 is 14.2 Å². The number of halogens is 1. The molecule has 0 heterocycles. The molecule has 1 aliphatic rings. The van der Waals surface area contributed by atoms with Crippen molar-refractivity contribution in [3.63, 3.8) is 0 Å². The van der Waals surface area contributed by atoms with E-state index in [1.165, 1.54) is 0 Å². The van der Waals surface area contributed by atoms with Gasteiger partial charge in [-0.1, -0.05) is 37.6 Å². The molecule has 0 saturated heterocycles. The van der Waals surface area contributed by atoms with E-state index in [1.54, 1.807) is 14.2 Å². The molecule has 23 heavy (non-hydrogen) atoms. The number of ether oxygens (including phenoxy) is 3. The van der Waals surface area contributed by atoms with Crippen LogP contribution in [0.5, 0.6) is 17.2 Å². The predicted octanol–water partition coefficient (Wildman–Crippen LogP) is 5.43. The lowest BCUT2D eigenvalue weighted by Gasteiger charge is -2.16. The fraction of sp³-hybridized carbons (Fsp3) is 0.368. The Morgan fingerprint density at radius 2 is 1.65 bits per heavy atom. The first kappa shape index (κ1) is 19.2. The van der Waals surface area contributed by atoms with Gasteiger partial charge in [-0.25, -0.2) is 0 Å². The van der Waals surface area contributed by atoms with Crippen LogP contribution in [0.4, 0.5) is 0 Å². The summed E-state index contributed by atoms with van der Waals surface area (Å²) in [6, 6.07) is 3.85. The Morgan fingerprint density at radius 1 is 1.04 bits per heavy atom. The smallest absolute Gasteiger partial charge is 0.203 e. The van der Waals surface area contributed by atoms with Crippen LogP contribution in [-0.4, -0.2) is 20.8 Å². The van der Waals surface area contributed by atoms with Crippen LogP contribution in [0.15, 0.2) is 47.0 Å². The lowest BCUT2D eigenvalue weighted by Crippen LogP contribution is -2.04. The number of methoxy groups -OCH3 is 2. The summed E-state index contributed by atoms with van der Waals surface area (Å²) in [5.41, 5.74) is 2.19. The van der Waals surface area contributed by atoms with E-state index in [1.807, 2.05) is 57.2 Å². The summed E-state index contributed by atoms with van der Waals surface area (Å²) in [5.74, 6) is 1.96. The van der Waals surface area contributed by atoms with E-state index in [4.69, 9.17) is 25.8 Å². The van der Waals surface area contributed by atoms with Gasteiger partial charge >= 0.3 is 0 Å². The first-order valence-corrected chi connectivity index (χ1v) is 8.09. The molecule has 1 aromatic rings. The average molecular weight is 337 g/mol. The molecule has 1 aliphatic carbocycles. The van der Waals surface area contributed by atoms with E-state index in [0.717, 1.165) is 22.6 Å². The normalized spacial score (nSPS) is 13.1. The highest BCUT2D eigenvalue weighted by atomic mass is 35.5. The molecular formula is C19H25ClO3. The van der Waals surface area contributed by atoms with Gasteiger partial charge in [0.15, 0.2) is 11.5 Å². The molecule has 0 aliphatic heterocycles. The van der Waals surface area contributed by atoms with Gasteiger partial charge < -0.3 is 14.2 Å². The van der Waals surface area contributed by atoms with Gasteiger partial charge in [0.2, 0.25) is 5.75 Å². The van der Waals surface area contributed by atoms with Crippen LogP contribution in [0.3, 0.4) is 0 Å². The Morgan fingerprint density at radius 3 is 2.22 bits per heavy atom. The third kappa shape index (κ3) is 5.68. The minimum Gasteiger partial charge on any atom is -0.493 e. The third-order valence-corrected chi connectivity index (χ3v) is 3.39. The Balaban J connectivity index is 0.00000127. The molecule has 0 aromatic heterocycles. The molecule has 0 bridgehead atoms. The largest absolute Gasteiger partial charge is 0.493 e. The zero-order valence-corrected chi connectivity index (χ0v) is 15.2. The maximum absolute atomic E-state index is 5.97. The molecule has 0 atom stereocenters. The molecule has 0 fully saturated rings. The fourth-order valence-electron chi connectivity index (χ4n) is 2.07. The first-order chi connectivity index (χ1) is 11.1. The Labute approximate surface area is 144 Å². The van der Waals surface area contributed by atoms with Crippen LogP contribution >= 0.6 is 11.6 Å². The van der Waals surface area contributed by atoms with E-state index in [2.05, 4.69) is 0 Å². The number of rotatable bonds is 5. The molecule has 0 spiro atoms. The van der Waals surface area contributed by atoms with Crippen LogP contribution in [0.1, 0.15) is 25.8 Å². The second kappa shape index (κ2) is 10.0. The number of benzene rings is 1.